The summed E-state index contributed by atoms with van der Waals surface area (Å²) in [7, 11) is 0. The minimum Gasteiger partial charge on any atom is -0.317 e. The van der Waals surface area contributed by atoms with Crippen LogP contribution in [0.4, 0.5) is 0 Å². The summed E-state index contributed by atoms with van der Waals surface area (Å²) in [5.41, 5.74) is 2.44. The molecule has 0 radical (unpaired) electrons. The zero-order valence-corrected chi connectivity index (χ0v) is 15.4. The predicted octanol–water partition coefficient (Wildman–Crippen LogP) is 6.03. The molecule has 0 fully saturated rings. The van der Waals surface area contributed by atoms with Crippen molar-refractivity contribution in [3.63, 3.8) is 0 Å². The second kappa shape index (κ2) is 6.99. The Hall–Kier alpha value is -2.55. The Balaban J connectivity index is 2.16. The fourth-order valence-corrected chi connectivity index (χ4v) is 3.93. The van der Waals surface area contributed by atoms with Crippen molar-refractivity contribution < 1.29 is 0 Å². The first-order valence-corrected chi connectivity index (χ1v) is 9.04. The lowest BCUT2D eigenvalue weighted by molar-refractivity contribution is 0.515. The van der Waals surface area contributed by atoms with Crippen LogP contribution in [0.1, 0.15) is 16.7 Å². The average Bonchev–Trinajstić information content (AvgIpc) is 3.12. The van der Waals surface area contributed by atoms with Gasteiger partial charge >= 0.3 is 0 Å². The van der Waals surface area contributed by atoms with E-state index >= 15 is 0 Å². The zero-order valence-electron chi connectivity index (χ0n) is 13.9. The molecule has 4 aromatic rings. The molecule has 0 atom stereocenters. The van der Waals surface area contributed by atoms with E-state index in [0.717, 1.165) is 16.7 Å². The third-order valence-electron chi connectivity index (χ3n) is 4.59. The maximum absolute atomic E-state index is 6.70. The molecule has 0 N–H and O–H groups in total. The minimum absolute atomic E-state index is 0.438. The Bertz CT molecular complexity index is 971. The number of imidazole rings is 1. The van der Waals surface area contributed by atoms with Gasteiger partial charge in [0.15, 0.2) is 0 Å². The smallest absolute Gasteiger partial charge is 0.147 e. The molecule has 0 spiro atoms. The van der Waals surface area contributed by atoms with Gasteiger partial charge in [0.05, 0.1) is 6.33 Å². The van der Waals surface area contributed by atoms with Crippen molar-refractivity contribution >= 4 is 23.2 Å². The highest BCUT2D eigenvalue weighted by molar-refractivity contribution is 6.31. The van der Waals surface area contributed by atoms with Gasteiger partial charge in [-0.3, -0.25) is 0 Å². The summed E-state index contributed by atoms with van der Waals surface area (Å²) in [6.45, 7) is 0. The molecule has 4 heteroatoms. The SMILES string of the molecule is Clc1cn(C(c2ccccc2)(c2ccccc2)c2ccccc2Cl)cn1. The molecule has 26 heavy (non-hydrogen) atoms. The lowest BCUT2D eigenvalue weighted by Gasteiger charge is -2.37. The van der Waals surface area contributed by atoms with E-state index < -0.39 is 5.54 Å². The van der Waals surface area contributed by atoms with Gasteiger partial charge in [-0.05, 0) is 17.2 Å². The van der Waals surface area contributed by atoms with E-state index in [-0.39, 0.29) is 0 Å². The van der Waals surface area contributed by atoms with E-state index in [9.17, 15) is 0 Å². The topological polar surface area (TPSA) is 17.8 Å². The van der Waals surface area contributed by atoms with Crippen molar-refractivity contribution in [2.45, 2.75) is 5.54 Å². The van der Waals surface area contributed by atoms with Gasteiger partial charge in [0.25, 0.3) is 0 Å². The summed E-state index contributed by atoms with van der Waals surface area (Å²) in [6, 6.07) is 28.4. The van der Waals surface area contributed by atoms with Crippen molar-refractivity contribution in [2.24, 2.45) is 0 Å². The molecule has 1 aromatic heterocycles. The Kier molecular flexibility index (Phi) is 4.54. The maximum Gasteiger partial charge on any atom is 0.147 e. The Labute approximate surface area is 162 Å². The molecular weight excluding hydrogens is 363 g/mol. The van der Waals surface area contributed by atoms with Crippen LogP contribution >= 0.6 is 23.2 Å². The van der Waals surface area contributed by atoms with Gasteiger partial charge in [-0.15, -0.1) is 0 Å². The van der Waals surface area contributed by atoms with Gasteiger partial charge < -0.3 is 4.57 Å². The number of hydrogen-bond donors (Lipinski definition) is 0. The summed E-state index contributed by atoms with van der Waals surface area (Å²) < 4.78 is 2.03. The first-order valence-electron chi connectivity index (χ1n) is 8.29. The number of rotatable bonds is 4. The maximum atomic E-state index is 6.70. The van der Waals surface area contributed by atoms with Gasteiger partial charge in [-0.25, -0.2) is 4.98 Å². The molecule has 128 valence electrons. The van der Waals surface area contributed by atoms with Crippen LogP contribution in [0.5, 0.6) is 0 Å². The van der Waals surface area contributed by atoms with Gasteiger partial charge in [-0.2, -0.15) is 0 Å². The van der Waals surface area contributed by atoms with Crippen LogP contribution < -0.4 is 0 Å². The Morgan fingerprint density at radius 1 is 0.692 bits per heavy atom. The molecular formula is C22H16Cl2N2. The number of hydrogen-bond acceptors (Lipinski definition) is 1. The van der Waals surface area contributed by atoms with Crippen LogP contribution in [0.2, 0.25) is 10.2 Å². The number of aromatic nitrogens is 2. The highest BCUT2D eigenvalue weighted by Gasteiger charge is 2.39. The van der Waals surface area contributed by atoms with E-state index in [2.05, 4.69) is 35.3 Å². The second-order valence-corrected chi connectivity index (χ2v) is 6.82. The number of benzene rings is 3. The zero-order chi connectivity index (χ0) is 18.0. The minimum atomic E-state index is -0.680. The molecule has 0 aliphatic rings. The summed E-state index contributed by atoms with van der Waals surface area (Å²) in [6.07, 6.45) is 3.59. The van der Waals surface area contributed by atoms with Crippen LogP contribution in [0, 0.1) is 0 Å². The molecule has 0 aliphatic carbocycles. The number of nitrogens with zero attached hydrogens (tertiary/aromatic N) is 2. The predicted molar refractivity (Wildman–Crippen MR) is 107 cm³/mol. The van der Waals surface area contributed by atoms with E-state index in [0.29, 0.717) is 10.2 Å². The fraction of sp³-hybridized carbons (Fsp3) is 0.0455. The van der Waals surface area contributed by atoms with Gasteiger partial charge in [0.2, 0.25) is 0 Å². The van der Waals surface area contributed by atoms with E-state index in [1.165, 1.54) is 0 Å². The van der Waals surface area contributed by atoms with Crippen molar-refractivity contribution in [1.82, 2.24) is 9.55 Å². The summed E-state index contributed by atoms with van der Waals surface area (Å²) >= 11 is 12.9. The Morgan fingerprint density at radius 2 is 1.23 bits per heavy atom. The normalized spacial score (nSPS) is 11.5. The van der Waals surface area contributed by atoms with Gasteiger partial charge in [-0.1, -0.05) is 102 Å². The van der Waals surface area contributed by atoms with Crippen LogP contribution in [-0.2, 0) is 5.54 Å². The molecule has 0 unspecified atom stereocenters. The van der Waals surface area contributed by atoms with Crippen molar-refractivity contribution in [2.75, 3.05) is 0 Å². The van der Waals surface area contributed by atoms with Crippen LogP contribution in [-0.4, -0.2) is 9.55 Å². The third kappa shape index (κ3) is 2.72. The average molecular weight is 379 g/mol. The lowest BCUT2D eigenvalue weighted by atomic mass is 9.76. The van der Waals surface area contributed by atoms with Crippen molar-refractivity contribution in [3.8, 4) is 0 Å². The van der Waals surface area contributed by atoms with Crippen LogP contribution in [0.15, 0.2) is 97.5 Å². The summed E-state index contributed by atoms with van der Waals surface area (Å²) in [5.74, 6) is 0. The first kappa shape index (κ1) is 16.9. The monoisotopic (exact) mass is 378 g/mol. The van der Waals surface area contributed by atoms with Crippen molar-refractivity contribution in [1.29, 1.82) is 0 Å². The molecule has 2 nitrogen and oxygen atoms in total. The van der Waals surface area contributed by atoms with E-state index in [4.69, 9.17) is 23.2 Å². The second-order valence-electron chi connectivity index (χ2n) is 6.03. The molecule has 0 bridgehead atoms. The molecule has 1 heterocycles. The summed E-state index contributed by atoms with van der Waals surface area (Å²) in [4.78, 5) is 4.27. The fourth-order valence-electron chi connectivity index (χ4n) is 3.51. The molecule has 4 rings (SSSR count). The number of halogens is 2. The molecule has 0 amide bonds. The Morgan fingerprint density at radius 3 is 1.73 bits per heavy atom. The van der Waals surface area contributed by atoms with Gasteiger partial charge in [0, 0.05) is 16.8 Å². The van der Waals surface area contributed by atoms with Crippen molar-refractivity contribution in [3.05, 3.63) is 124 Å². The third-order valence-corrected chi connectivity index (χ3v) is 5.11. The summed E-state index contributed by atoms with van der Waals surface area (Å²) in [5, 5.41) is 1.12. The van der Waals surface area contributed by atoms with E-state index in [1.807, 2.05) is 65.4 Å². The molecule has 0 saturated heterocycles. The molecule has 3 aromatic carbocycles. The molecule has 0 saturated carbocycles. The highest BCUT2D eigenvalue weighted by atomic mass is 35.5. The van der Waals surface area contributed by atoms with Crippen LogP contribution in [0.3, 0.4) is 0 Å². The largest absolute Gasteiger partial charge is 0.317 e. The van der Waals surface area contributed by atoms with E-state index in [1.54, 1.807) is 6.33 Å². The standard InChI is InChI=1S/C22H16Cl2N2/c23-20-14-8-7-13-19(20)22(17-9-3-1-4-10-17,18-11-5-2-6-12-18)26-15-21(24)25-16-26/h1-16H. The quantitative estimate of drug-likeness (QED) is 0.396. The first-order chi connectivity index (χ1) is 12.7. The molecule has 0 aliphatic heterocycles. The van der Waals surface area contributed by atoms with Crippen LogP contribution in [0.25, 0.3) is 0 Å². The van der Waals surface area contributed by atoms with Gasteiger partial charge in [0.1, 0.15) is 10.7 Å². The lowest BCUT2D eigenvalue weighted by Crippen LogP contribution is -2.37. The highest BCUT2D eigenvalue weighted by Crippen LogP contribution is 2.43.